The molecule has 6 heteroatoms. The largest absolute Gasteiger partial charge is 0.497 e. The first-order chi connectivity index (χ1) is 11.3. The number of ether oxygens (including phenoxy) is 2. The first kappa shape index (κ1) is 18.4. The summed E-state index contributed by atoms with van der Waals surface area (Å²) in [6, 6.07) is 7.59. The Kier molecular flexibility index (Phi) is 5.96. The fraction of sp³-hybridized carbons (Fsp3) is 0.444. The van der Waals surface area contributed by atoms with E-state index < -0.39 is 6.10 Å². The maximum Gasteiger partial charge on any atom is 0.255 e. The third kappa shape index (κ3) is 5.04. The van der Waals surface area contributed by atoms with Gasteiger partial charge in [-0.15, -0.1) is 11.3 Å². The Morgan fingerprint density at radius 2 is 2.12 bits per heavy atom. The molecule has 0 aliphatic rings. The van der Waals surface area contributed by atoms with Crippen molar-refractivity contribution in [3.8, 4) is 5.75 Å². The van der Waals surface area contributed by atoms with E-state index in [2.05, 4.69) is 31.1 Å². The number of hydrogen-bond acceptors (Lipinski definition) is 5. The lowest BCUT2D eigenvalue weighted by Gasteiger charge is -2.14. The van der Waals surface area contributed by atoms with Crippen LogP contribution in [0.1, 0.15) is 39.0 Å². The van der Waals surface area contributed by atoms with Crippen LogP contribution in [0.3, 0.4) is 0 Å². The molecule has 0 aliphatic carbocycles. The molecule has 0 bridgehead atoms. The number of aromatic nitrogens is 1. The van der Waals surface area contributed by atoms with Gasteiger partial charge in [-0.2, -0.15) is 0 Å². The van der Waals surface area contributed by atoms with Gasteiger partial charge in [0.2, 0.25) is 0 Å². The van der Waals surface area contributed by atoms with Gasteiger partial charge in [0.05, 0.1) is 19.4 Å². The summed E-state index contributed by atoms with van der Waals surface area (Å²) in [5.41, 5.74) is 1.89. The number of rotatable bonds is 6. The molecule has 0 fully saturated rings. The van der Waals surface area contributed by atoms with Crippen molar-refractivity contribution in [3.63, 3.8) is 0 Å². The normalized spacial score (nSPS) is 12.7. The molecule has 0 spiro atoms. The van der Waals surface area contributed by atoms with Crippen molar-refractivity contribution in [1.29, 1.82) is 0 Å². The number of thiazole rings is 1. The van der Waals surface area contributed by atoms with Crippen LogP contribution in [0.2, 0.25) is 0 Å². The highest BCUT2D eigenvalue weighted by molar-refractivity contribution is 7.13. The van der Waals surface area contributed by atoms with Crippen LogP contribution in [0.4, 0.5) is 5.13 Å². The first-order valence-electron chi connectivity index (χ1n) is 7.81. The number of methoxy groups -OCH3 is 1. The van der Waals surface area contributed by atoms with Crippen LogP contribution < -0.4 is 10.1 Å². The fourth-order valence-corrected chi connectivity index (χ4v) is 2.88. The average molecular weight is 348 g/mol. The highest BCUT2D eigenvalue weighted by Crippen LogP contribution is 2.26. The SMILES string of the molecule is COc1cccc(COC(C)C(=O)Nc2nc(C(C)(C)C)cs2)c1. The van der Waals surface area contributed by atoms with E-state index in [4.69, 9.17) is 9.47 Å². The van der Waals surface area contributed by atoms with E-state index in [1.165, 1.54) is 11.3 Å². The minimum Gasteiger partial charge on any atom is -0.497 e. The second-order valence-corrected chi connectivity index (χ2v) is 7.44. The molecule has 130 valence electrons. The molecule has 1 N–H and O–H groups in total. The van der Waals surface area contributed by atoms with Gasteiger partial charge in [0.1, 0.15) is 11.9 Å². The van der Waals surface area contributed by atoms with Gasteiger partial charge in [-0.1, -0.05) is 32.9 Å². The van der Waals surface area contributed by atoms with Crippen LogP contribution in [0, 0.1) is 0 Å². The Labute approximate surface area is 147 Å². The van der Waals surface area contributed by atoms with Crippen LogP contribution in [-0.2, 0) is 21.6 Å². The third-order valence-corrected chi connectivity index (χ3v) is 4.26. The second-order valence-electron chi connectivity index (χ2n) is 6.58. The van der Waals surface area contributed by atoms with Gasteiger partial charge in [-0.25, -0.2) is 4.98 Å². The van der Waals surface area contributed by atoms with Gasteiger partial charge in [0.25, 0.3) is 5.91 Å². The van der Waals surface area contributed by atoms with E-state index in [1.807, 2.05) is 29.6 Å². The molecular weight excluding hydrogens is 324 g/mol. The average Bonchev–Trinajstić information content (AvgIpc) is 3.01. The molecule has 2 rings (SSSR count). The van der Waals surface area contributed by atoms with Gasteiger partial charge in [0, 0.05) is 10.8 Å². The molecule has 1 unspecified atom stereocenters. The van der Waals surface area contributed by atoms with Gasteiger partial charge in [-0.3, -0.25) is 10.1 Å². The summed E-state index contributed by atoms with van der Waals surface area (Å²) in [7, 11) is 1.62. The smallest absolute Gasteiger partial charge is 0.255 e. The molecule has 2 aromatic rings. The zero-order valence-electron chi connectivity index (χ0n) is 14.8. The molecule has 0 aliphatic heterocycles. The lowest BCUT2D eigenvalue weighted by molar-refractivity contribution is -0.127. The zero-order valence-corrected chi connectivity index (χ0v) is 15.6. The van der Waals surface area contributed by atoms with Crippen molar-refractivity contribution >= 4 is 22.4 Å². The zero-order chi connectivity index (χ0) is 17.7. The summed E-state index contributed by atoms with van der Waals surface area (Å²) >= 11 is 1.43. The summed E-state index contributed by atoms with van der Waals surface area (Å²) in [6.07, 6.45) is -0.571. The van der Waals surface area contributed by atoms with Crippen LogP contribution in [0.5, 0.6) is 5.75 Å². The molecule has 0 saturated heterocycles. The number of nitrogens with one attached hydrogen (secondary N) is 1. The predicted molar refractivity (Wildman–Crippen MR) is 96.7 cm³/mol. The predicted octanol–water partition coefficient (Wildman–Crippen LogP) is 3.99. The summed E-state index contributed by atoms with van der Waals surface area (Å²) < 4.78 is 10.8. The topological polar surface area (TPSA) is 60.5 Å². The summed E-state index contributed by atoms with van der Waals surface area (Å²) in [4.78, 5) is 16.7. The van der Waals surface area contributed by atoms with E-state index in [-0.39, 0.29) is 11.3 Å². The molecule has 0 saturated carbocycles. The number of carbonyl (C=O) groups excluding carboxylic acids is 1. The lowest BCUT2D eigenvalue weighted by Crippen LogP contribution is -2.27. The van der Waals surface area contributed by atoms with E-state index in [0.717, 1.165) is 17.0 Å². The quantitative estimate of drug-likeness (QED) is 0.857. The molecule has 24 heavy (non-hydrogen) atoms. The van der Waals surface area contributed by atoms with E-state index in [9.17, 15) is 4.79 Å². The van der Waals surface area contributed by atoms with E-state index in [0.29, 0.717) is 11.7 Å². The summed E-state index contributed by atoms with van der Waals surface area (Å²) in [5.74, 6) is 0.568. The minimum absolute atomic E-state index is 0.0338. The van der Waals surface area contributed by atoms with E-state index >= 15 is 0 Å². The fourth-order valence-electron chi connectivity index (χ4n) is 1.94. The lowest BCUT2D eigenvalue weighted by atomic mass is 9.93. The van der Waals surface area contributed by atoms with Crippen molar-refractivity contribution in [2.75, 3.05) is 12.4 Å². The van der Waals surface area contributed by atoms with Crippen LogP contribution in [0.25, 0.3) is 0 Å². The van der Waals surface area contributed by atoms with Crippen molar-refractivity contribution in [2.45, 2.75) is 45.8 Å². The number of anilines is 1. The number of amides is 1. The molecule has 1 heterocycles. The maximum absolute atomic E-state index is 12.2. The van der Waals surface area contributed by atoms with Crippen molar-refractivity contribution in [1.82, 2.24) is 4.98 Å². The van der Waals surface area contributed by atoms with Crippen LogP contribution >= 0.6 is 11.3 Å². The molecule has 5 nitrogen and oxygen atoms in total. The van der Waals surface area contributed by atoms with Gasteiger partial charge >= 0.3 is 0 Å². The van der Waals surface area contributed by atoms with Gasteiger partial charge in [0.15, 0.2) is 5.13 Å². The minimum atomic E-state index is -0.571. The summed E-state index contributed by atoms with van der Waals surface area (Å²) in [6.45, 7) is 8.35. The van der Waals surface area contributed by atoms with Crippen molar-refractivity contribution in [2.24, 2.45) is 0 Å². The number of benzene rings is 1. The molecule has 1 aromatic carbocycles. The van der Waals surface area contributed by atoms with Gasteiger partial charge in [-0.05, 0) is 24.6 Å². The van der Waals surface area contributed by atoms with Crippen molar-refractivity contribution < 1.29 is 14.3 Å². The van der Waals surface area contributed by atoms with E-state index in [1.54, 1.807) is 14.0 Å². The first-order valence-corrected chi connectivity index (χ1v) is 8.69. The number of hydrogen-bond donors (Lipinski definition) is 1. The van der Waals surface area contributed by atoms with Crippen LogP contribution in [-0.4, -0.2) is 24.1 Å². The number of carbonyl (C=O) groups is 1. The molecular formula is C18H24N2O3S. The molecule has 1 atom stereocenters. The van der Waals surface area contributed by atoms with Crippen LogP contribution in [0.15, 0.2) is 29.6 Å². The molecule has 0 radical (unpaired) electrons. The highest BCUT2D eigenvalue weighted by Gasteiger charge is 2.20. The highest BCUT2D eigenvalue weighted by atomic mass is 32.1. The Morgan fingerprint density at radius 3 is 2.75 bits per heavy atom. The molecule has 1 aromatic heterocycles. The summed E-state index contributed by atoms with van der Waals surface area (Å²) in [5, 5.41) is 5.38. The Morgan fingerprint density at radius 1 is 1.38 bits per heavy atom. The Balaban J connectivity index is 1.89. The maximum atomic E-state index is 12.2. The molecule has 1 amide bonds. The third-order valence-electron chi connectivity index (χ3n) is 3.51. The number of nitrogens with zero attached hydrogens (tertiary/aromatic N) is 1. The Hall–Kier alpha value is -1.92. The van der Waals surface area contributed by atoms with Crippen molar-refractivity contribution in [3.05, 3.63) is 40.9 Å². The standard InChI is InChI=1S/C18H24N2O3S/c1-12(23-10-13-7-6-8-14(9-13)22-5)16(21)20-17-19-15(11-24-17)18(2,3)4/h6-9,11-12H,10H2,1-5H3,(H,19,20,21). The monoisotopic (exact) mass is 348 g/mol. The van der Waals surface area contributed by atoms with Gasteiger partial charge < -0.3 is 9.47 Å². The second kappa shape index (κ2) is 7.77. The Bertz CT molecular complexity index is 692.